The number of amides is 1. The van der Waals surface area contributed by atoms with Crippen molar-refractivity contribution < 1.29 is 4.79 Å². The van der Waals surface area contributed by atoms with Gasteiger partial charge in [-0.25, -0.2) is 0 Å². The maximum atomic E-state index is 11.9. The zero-order valence-corrected chi connectivity index (χ0v) is 10.8. The summed E-state index contributed by atoms with van der Waals surface area (Å²) in [4.78, 5) is 11.9. The molecule has 2 N–H and O–H groups in total. The average Bonchev–Trinajstić information content (AvgIpc) is 3.02. The lowest BCUT2D eigenvalue weighted by Gasteiger charge is -2.02. The summed E-state index contributed by atoms with van der Waals surface area (Å²) in [5.74, 6) is -0.184. The minimum Gasteiger partial charge on any atom is -0.345 e. The van der Waals surface area contributed by atoms with Gasteiger partial charge in [-0.1, -0.05) is 0 Å². The van der Waals surface area contributed by atoms with Crippen molar-refractivity contribution >= 4 is 17.6 Å². The van der Waals surface area contributed by atoms with Crippen LogP contribution in [0.3, 0.4) is 0 Å². The maximum Gasteiger partial charge on any atom is 0.273 e. The van der Waals surface area contributed by atoms with Gasteiger partial charge in [-0.3, -0.25) is 9.89 Å². The molecule has 2 aromatic heterocycles. The summed E-state index contributed by atoms with van der Waals surface area (Å²) in [6, 6.07) is 0. The predicted molar refractivity (Wildman–Crippen MR) is 66.4 cm³/mol. The van der Waals surface area contributed by atoms with Crippen molar-refractivity contribution in [2.75, 3.05) is 0 Å². The quantitative estimate of drug-likeness (QED) is 0.865. The largest absolute Gasteiger partial charge is 0.345 e. The van der Waals surface area contributed by atoms with E-state index in [0.717, 1.165) is 30.3 Å². The Kier molecular flexibility index (Phi) is 2.83. The summed E-state index contributed by atoms with van der Waals surface area (Å²) >= 11 is 1.06. The van der Waals surface area contributed by atoms with Crippen molar-refractivity contribution in [1.82, 2.24) is 24.3 Å². The first-order chi connectivity index (χ1) is 8.75. The smallest absolute Gasteiger partial charge is 0.273 e. The molecule has 0 bridgehead atoms. The van der Waals surface area contributed by atoms with Crippen molar-refractivity contribution in [3.8, 4) is 0 Å². The van der Waals surface area contributed by atoms with E-state index in [2.05, 4.69) is 24.3 Å². The van der Waals surface area contributed by atoms with E-state index in [-0.39, 0.29) is 5.91 Å². The van der Waals surface area contributed by atoms with Gasteiger partial charge in [0.25, 0.3) is 5.91 Å². The van der Waals surface area contributed by atoms with Gasteiger partial charge in [0.15, 0.2) is 5.69 Å². The number of aryl methyl sites for hydroxylation is 2. The molecule has 0 atom stereocenters. The van der Waals surface area contributed by atoms with Crippen LogP contribution in [0, 0.1) is 6.92 Å². The monoisotopic (exact) mass is 263 g/mol. The average molecular weight is 263 g/mol. The molecule has 0 spiro atoms. The summed E-state index contributed by atoms with van der Waals surface area (Å²) in [5, 5.41) is 10.1. The van der Waals surface area contributed by atoms with Crippen LogP contribution >= 0.6 is 11.7 Å². The molecule has 0 fully saturated rings. The Bertz CT molecular complexity index is 588. The lowest BCUT2D eigenvalue weighted by atomic mass is 10.2. The number of H-pyrrole nitrogens is 1. The van der Waals surface area contributed by atoms with Gasteiger partial charge in [0.1, 0.15) is 0 Å². The molecule has 0 aliphatic heterocycles. The summed E-state index contributed by atoms with van der Waals surface area (Å²) in [6.07, 6.45) is 3.28. The molecule has 0 saturated carbocycles. The van der Waals surface area contributed by atoms with Gasteiger partial charge < -0.3 is 5.32 Å². The Balaban J connectivity index is 1.68. The third-order valence-electron chi connectivity index (χ3n) is 3.18. The normalized spacial score (nSPS) is 13.6. The number of hydrogen-bond acceptors (Lipinski definition) is 5. The van der Waals surface area contributed by atoms with Crippen LogP contribution in [0.4, 0.5) is 0 Å². The second kappa shape index (κ2) is 4.49. The fourth-order valence-electron chi connectivity index (χ4n) is 2.22. The van der Waals surface area contributed by atoms with Gasteiger partial charge in [-0.15, -0.1) is 0 Å². The number of aromatic nitrogens is 4. The van der Waals surface area contributed by atoms with E-state index in [1.807, 2.05) is 0 Å². The van der Waals surface area contributed by atoms with E-state index < -0.39 is 0 Å². The highest BCUT2D eigenvalue weighted by atomic mass is 32.1. The van der Waals surface area contributed by atoms with Gasteiger partial charge in [0, 0.05) is 5.69 Å². The van der Waals surface area contributed by atoms with Crippen LogP contribution in [0.2, 0.25) is 0 Å². The molecular weight excluding hydrogens is 250 g/mol. The molecule has 94 valence electrons. The fourth-order valence-corrected chi connectivity index (χ4v) is 2.77. The van der Waals surface area contributed by atoms with Gasteiger partial charge in [0.2, 0.25) is 0 Å². The zero-order chi connectivity index (χ0) is 12.5. The van der Waals surface area contributed by atoms with Crippen LogP contribution in [-0.2, 0) is 19.4 Å². The van der Waals surface area contributed by atoms with E-state index >= 15 is 0 Å². The van der Waals surface area contributed by atoms with Crippen molar-refractivity contribution in [2.24, 2.45) is 0 Å². The number of aromatic amines is 1. The molecule has 2 aromatic rings. The van der Waals surface area contributed by atoms with E-state index in [1.54, 1.807) is 6.92 Å². The van der Waals surface area contributed by atoms with E-state index in [4.69, 9.17) is 0 Å². The van der Waals surface area contributed by atoms with Gasteiger partial charge in [-0.05, 0) is 31.7 Å². The number of rotatable bonds is 3. The minimum atomic E-state index is -0.184. The Morgan fingerprint density at radius 1 is 1.44 bits per heavy atom. The standard InChI is InChI=1S/C11H13N5OS/c1-6-10(16-18-15-6)11(17)12-5-9-7-3-2-4-8(7)13-14-9/h2-5H2,1H3,(H,12,17)(H,13,14). The number of carbonyl (C=O) groups excluding carboxylic acids is 1. The van der Waals surface area contributed by atoms with Crippen LogP contribution < -0.4 is 5.32 Å². The Morgan fingerprint density at radius 3 is 3.11 bits per heavy atom. The molecule has 18 heavy (non-hydrogen) atoms. The molecule has 6 nitrogen and oxygen atoms in total. The highest BCUT2D eigenvalue weighted by Gasteiger charge is 2.19. The highest BCUT2D eigenvalue weighted by Crippen LogP contribution is 2.22. The summed E-state index contributed by atoms with van der Waals surface area (Å²) < 4.78 is 7.97. The molecule has 2 heterocycles. The number of hydrogen-bond donors (Lipinski definition) is 2. The second-order valence-electron chi connectivity index (χ2n) is 4.36. The Morgan fingerprint density at radius 2 is 2.33 bits per heavy atom. The third kappa shape index (κ3) is 1.90. The third-order valence-corrected chi connectivity index (χ3v) is 3.80. The molecular formula is C11H13N5OS. The lowest BCUT2D eigenvalue weighted by molar-refractivity contribution is 0.0945. The molecule has 7 heteroatoms. The summed E-state index contributed by atoms with van der Waals surface area (Å²) in [5.41, 5.74) is 4.50. The number of nitrogens with one attached hydrogen (secondary N) is 2. The first-order valence-electron chi connectivity index (χ1n) is 5.88. The SMILES string of the molecule is Cc1nsnc1C(=O)NCc1n[nH]c2c1CCC2. The van der Waals surface area contributed by atoms with Crippen molar-refractivity contribution in [2.45, 2.75) is 32.7 Å². The second-order valence-corrected chi connectivity index (χ2v) is 4.89. The van der Waals surface area contributed by atoms with Crippen LogP contribution in [0.25, 0.3) is 0 Å². The Labute approximate surface area is 108 Å². The van der Waals surface area contributed by atoms with Crippen LogP contribution in [-0.4, -0.2) is 24.9 Å². The molecule has 1 aliphatic rings. The molecule has 0 aromatic carbocycles. The lowest BCUT2D eigenvalue weighted by Crippen LogP contribution is -2.24. The highest BCUT2D eigenvalue weighted by molar-refractivity contribution is 6.99. The molecule has 0 radical (unpaired) electrons. The van der Waals surface area contributed by atoms with Gasteiger partial charge in [0.05, 0.1) is 29.7 Å². The zero-order valence-electron chi connectivity index (χ0n) is 9.99. The first-order valence-corrected chi connectivity index (χ1v) is 6.61. The maximum absolute atomic E-state index is 11.9. The topological polar surface area (TPSA) is 83.6 Å². The molecule has 0 unspecified atom stereocenters. The minimum absolute atomic E-state index is 0.184. The Hall–Kier alpha value is -1.76. The number of fused-ring (bicyclic) bond motifs is 1. The molecule has 1 amide bonds. The molecule has 1 aliphatic carbocycles. The van der Waals surface area contributed by atoms with Crippen LogP contribution in [0.1, 0.15) is 39.6 Å². The van der Waals surface area contributed by atoms with Gasteiger partial charge >= 0.3 is 0 Å². The van der Waals surface area contributed by atoms with Crippen molar-refractivity contribution in [1.29, 1.82) is 0 Å². The van der Waals surface area contributed by atoms with E-state index in [9.17, 15) is 4.79 Å². The van der Waals surface area contributed by atoms with Crippen molar-refractivity contribution in [3.05, 3.63) is 28.3 Å². The predicted octanol–water partition coefficient (Wildman–Crippen LogP) is 0.988. The van der Waals surface area contributed by atoms with Crippen molar-refractivity contribution in [3.63, 3.8) is 0 Å². The molecule has 0 saturated heterocycles. The fraction of sp³-hybridized carbons (Fsp3) is 0.455. The van der Waals surface area contributed by atoms with E-state index in [1.165, 1.54) is 17.7 Å². The first kappa shape index (κ1) is 11.3. The molecule has 3 rings (SSSR count). The van der Waals surface area contributed by atoms with Crippen LogP contribution in [0.5, 0.6) is 0 Å². The van der Waals surface area contributed by atoms with E-state index in [0.29, 0.717) is 17.9 Å². The van der Waals surface area contributed by atoms with Gasteiger partial charge in [-0.2, -0.15) is 13.8 Å². The van der Waals surface area contributed by atoms with Crippen LogP contribution in [0.15, 0.2) is 0 Å². The summed E-state index contributed by atoms with van der Waals surface area (Å²) in [6.45, 7) is 2.23. The number of carbonyl (C=O) groups is 1. The summed E-state index contributed by atoms with van der Waals surface area (Å²) in [7, 11) is 0. The number of nitrogens with zero attached hydrogens (tertiary/aromatic N) is 3.